The van der Waals surface area contributed by atoms with Crippen LogP contribution in [0.1, 0.15) is 13.8 Å². The maximum Gasteiger partial charge on any atom is 0.201 e. The van der Waals surface area contributed by atoms with Gasteiger partial charge in [-0.15, -0.1) is 0 Å². The molecule has 3 nitrogen and oxygen atoms in total. The van der Waals surface area contributed by atoms with E-state index in [1.54, 1.807) is 0 Å². The Balaban J connectivity index is 2.25. The Morgan fingerprint density at radius 1 is 1.00 bits per heavy atom. The third kappa shape index (κ3) is 2.18. The lowest BCUT2D eigenvalue weighted by molar-refractivity contribution is 0.486. The van der Waals surface area contributed by atoms with Gasteiger partial charge in [0.25, 0.3) is 0 Å². The zero-order valence-corrected chi connectivity index (χ0v) is 10.1. The van der Waals surface area contributed by atoms with Gasteiger partial charge in [-0.3, -0.25) is 0 Å². The maximum absolute atomic E-state index is 4.73. The molecule has 86 valence electrons. The molecule has 1 saturated heterocycles. The van der Waals surface area contributed by atoms with E-state index in [-0.39, 0.29) is 0 Å². The topological polar surface area (TPSA) is 18.8 Å². The molecular weight excluding hydrogens is 198 g/mol. The fraction of sp³-hybridized carbons (Fsp3) is 0.462. The van der Waals surface area contributed by atoms with Crippen molar-refractivity contribution in [1.82, 2.24) is 9.80 Å². The molecule has 2 rings (SSSR count). The van der Waals surface area contributed by atoms with Crippen LogP contribution in [0.2, 0.25) is 0 Å². The van der Waals surface area contributed by atoms with E-state index in [0.29, 0.717) is 0 Å². The molecule has 3 heteroatoms. The minimum Gasteiger partial charge on any atom is -0.341 e. The molecule has 0 aliphatic carbocycles. The first-order chi connectivity index (χ1) is 7.85. The molecule has 0 radical (unpaired) electrons. The Morgan fingerprint density at radius 2 is 1.56 bits per heavy atom. The van der Waals surface area contributed by atoms with Gasteiger partial charge in [-0.25, -0.2) is 4.99 Å². The van der Waals surface area contributed by atoms with Gasteiger partial charge in [-0.05, 0) is 26.0 Å². The third-order valence-electron chi connectivity index (χ3n) is 2.95. The highest BCUT2D eigenvalue weighted by atomic mass is 15.4. The predicted octanol–water partition coefficient (Wildman–Crippen LogP) is 2.33. The van der Waals surface area contributed by atoms with Crippen LogP contribution in [-0.2, 0) is 0 Å². The summed E-state index contributed by atoms with van der Waals surface area (Å²) in [5.41, 5.74) is 1.04. The first-order valence-corrected chi connectivity index (χ1v) is 5.98. The minimum atomic E-state index is 1.03. The molecule has 0 amide bonds. The molecule has 1 aromatic carbocycles. The summed E-state index contributed by atoms with van der Waals surface area (Å²) < 4.78 is 0. The summed E-state index contributed by atoms with van der Waals surface area (Å²) in [5.74, 6) is 1.12. The van der Waals surface area contributed by atoms with Gasteiger partial charge in [0.15, 0.2) is 0 Å². The number of likely N-dealkylation sites (N-methyl/N-ethyl adjacent to an activating group) is 2. The monoisotopic (exact) mass is 217 g/mol. The number of aliphatic imine (C=N–C) groups is 1. The van der Waals surface area contributed by atoms with Crippen LogP contribution >= 0.6 is 0 Å². The van der Waals surface area contributed by atoms with E-state index in [2.05, 4.69) is 23.6 Å². The molecule has 1 aliphatic rings. The number of nitrogens with zero attached hydrogens (tertiary/aromatic N) is 3. The fourth-order valence-corrected chi connectivity index (χ4v) is 2.00. The smallest absolute Gasteiger partial charge is 0.201 e. The van der Waals surface area contributed by atoms with E-state index in [1.807, 2.05) is 30.3 Å². The summed E-state index contributed by atoms with van der Waals surface area (Å²) >= 11 is 0. The van der Waals surface area contributed by atoms with Crippen LogP contribution in [0.15, 0.2) is 35.3 Å². The van der Waals surface area contributed by atoms with E-state index >= 15 is 0 Å². The summed E-state index contributed by atoms with van der Waals surface area (Å²) in [4.78, 5) is 9.39. The Kier molecular flexibility index (Phi) is 3.44. The Bertz CT molecular complexity index is 345. The van der Waals surface area contributed by atoms with E-state index in [9.17, 15) is 0 Å². The zero-order valence-electron chi connectivity index (χ0n) is 10.1. The highest BCUT2D eigenvalue weighted by Crippen LogP contribution is 2.16. The molecule has 1 fully saturated rings. The summed E-state index contributed by atoms with van der Waals surface area (Å²) in [7, 11) is 0. The average Bonchev–Trinajstić information content (AvgIpc) is 2.72. The van der Waals surface area contributed by atoms with Crippen molar-refractivity contribution < 1.29 is 0 Å². The SMILES string of the molecule is CCN1CCN(CC)C1=Nc1ccccc1. The Hall–Kier alpha value is -1.51. The van der Waals surface area contributed by atoms with Crippen molar-refractivity contribution in [2.45, 2.75) is 13.8 Å². The van der Waals surface area contributed by atoms with E-state index in [0.717, 1.165) is 37.8 Å². The lowest BCUT2D eigenvalue weighted by Gasteiger charge is -2.20. The van der Waals surface area contributed by atoms with Crippen molar-refractivity contribution >= 4 is 11.6 Å². The molecule has 1 aromatic rings. The summed E-state index contributed by atoms with van der Waals surface area (Å²) in [6.45, 7) is 8.61. The number of hydrogen-bond donors (Lipinski definition) is 0. The van der Waals surface area contributed by atoms with Crippen LogP contribution in [0.25, 0.3) is 0 Å². The minimum absolute atomic E-state index is 1.03. The lowest BCUT2D eigenvalue weighted by atomic mass is 10.3. The predicted molar refractivity (Wildman–Crippen MR) is 68.0 cm³/mol. The average molecular weight is 217 g/mol. The van der Waals surface area contributed by atoms with Gasteiger partial charge < -0.3 is 9.80 Å². The fourth-order valence-electron chi connectivity index (χ4n) is 2.00. The number of para-hydroxylation sites is 1. The third-order valence-corrected chi connectivity index (χ3v) is 2.95. The van der Waals surface area contributed by atoms with Crippen molar-refractivity contribution in [3.05, 3.63) is 30.3 Å². The summed E-state index contributed by atoms with van der Waals surface area (Å²) in [5, 5.41) is 0. The van der Waals surface area contributed by atoms with Crippen molar-refractivity contribution in [3.8, 4) is 0 Å². The van der Waals surface area contributed by atoms with Crippen molar-refractivity contribution in [3.63, 3.8) is 0 Å². The molecule has 0 aromatic heterocycles. The number of benzene rings is 1. The van der Waals surface area contributed by atoms with Crippen LogP contribution in [0.4, 0.5) is 5.69 Å². The summed E-state index contributed by atoms with van der Waals surface area (Å²) in [6.07, 6.45) is 0. The molecule has 0 unspecified atom stereocenters. The van der Waals surface area contributed by atoms with E-state index < -0.39 is 0 Å². The normalized spacial score (nSPS) is 15.8. The second-order valence-corrected chi connectivity index (χ2v) is 3.91. The first-order valence-electron chi connectivity index (χ1n) is 5.98. The standard InChI is InChI=1S/C13H19N3/c1-3-15-10-11-16(4-2)13(15)14-12-8-6-5-7-9-12/h5-9H,3-4,10-11H2,1-2H3. The zero-order chi connectivity index (χ0) is 11.4. The maximum atomic E-state index is 4.73. The van der Waals surface area contributed by atoms with E-state index in [4.69, 9.17) is 4.99 Å². The van der Waals surface area contributed by atoms with Crippen molar-refractivity contribution in [1.29, 1.82) is 0 Å². The second kappa shape index (κ2) is 5.01. The number of rotatable bonds is 3. The molecule has 16 heavy (non-hydrogen) atoms. The van der Waals surface area contributed by atoms with Gasteiger partial charge in [0, 0.05) is 26.2 Å². The van der Waals surface area contributed by atoms with Crippen LogP contribution in [0, 0.1) is 0 Å². The van der Waals surface area contributed by atoms with Crippen LogP contribution in [0.3, 0.4) is 0 Å². The van der Waals surface area contributed by atoms with Gasteiger partial charge in [0.1, 0.15) is 0 Å². The first kappa shape index (κ1) is 11.0. The van der Waals surface area contributed by atoms with Gasteiger partial charge in [0.05, 0.1) is 5.69 Å². The molecule has 1 heterocycles. The van der Waals surface area contributed by atoms with Crippen LogP contribution in [-0.4, -0.2) is 41.9 Å². The highest BCUT2D eigenvalue weighted by molar-refractivity contribution is 5.84. The molecule has 1 aliphatic heterocycles. The van der Waals surface area contributed by atoms with Crippen LogP contribution in [0.5, 0.6) is 0 Å². The Morgan fingerprint density at radius 3 is 2.06 bits per heavy atom. The molecule has 0 saturated carbocycles. The largest absolute Gasteiger partial charge is 0.341 e. The molecule has 0 bridgehead atoms. The highest BCUT2D eigenvalue weighted by Gasteiger charge is 2.23. The Labute approximate surface area is 97.4 Å². The number of hydrogen-bond acceptors (Lipinski definition) is 1. The van der Waals surface area contributed by atoms with Crippen molar-refractivity contribution in [2.24, 2.45) is 4.99 Å². The quantitative estimate of drug-likeness (QED) is 0.774. The second-order valence-electron chi connectivity index (χ2n) is 3.91. The van der Waals surface area contributed by atoms with Crippen LogP contribution < -0.4 is 0 Å². The molecule has 0 atom stereocenters. The van der Waals surface area contributed by atoms with Gasteiger partial charge in [0.2, 0.25) is 5.96 Å². The summed E-state index contributed by atoms with van der Waals surface area (Å²) in [6, 6.07) is 10.2. The molecular formula is C13H19N3. The molecule has 0 spiro atoms. The lowest BCUT2D eigenvalue weighted by Crippen LogP contribution is -2.33. The number of guanidine groups is 1. The van der Waals surface area contributed by atoms with Gasteiger partial charge >= 0.3 is 0 Å². The van der Waals surface area contributed by atoms with Crippen molar-refractivity contribution in [2.75, 3.05) is 26.2 Å². The van der Waals surface area contributed by atoms with Gasteiger partial charge in [-0.2, -0.15) is 0 Å². The molecule has 0 N–H and O–H groups in total. The van der Waals surface area contributed by atoms with E-state index in [1.165, 1.54) is 0 Å². The van der Waals surface area contributed by atoms with Gasteiger partial charge in [-0.1, -0.05) is 18.2 Å².